The maximum absolute atomic E-state index is 13.6. The highest BCUT2D eigenvalue weighted by Gasteiger charge is 2.40. The van der Waals surface area contributed by atoms with Crippen LogP contribution in [0.3, 0.4) is 0 Å². The molecule has 0 saturated carbocycles. The molecule has 0 saturated heterocycles. The van der Waals surface area contributed by atoms with Gasteiger partial charge in [0, 0.05) is 40.6 Å². The van der Waals surface area contributed by atoms with Crippen molar-refractivity contribution in [3.05, 3.63) is 70.2 Å². The third-order valence-corrected chi connectivity index (χ3v) is 6.24. The van der Waals surface area contributed by atoms with Crippen LogP contribution in [0.25, 0.3) is 0 Å². The van der Waals surface area contributed by atoms with Gasteiger partial charge in [-0.15, -0.1) is 6.42 Å². The molecule has 0 radical (unpaired) electrons. The van der Waals surface area contributed by atoms with Crippen LogP contribution in [-0.4, -0.2) is 30.4 Å². The summed E-state index contributed by atoms with van der Waals surface area (Å²) in [4.78, 5) is 31.3. The number of Topliss-reactive ketones (excluding diaryl/α,β-unsaturated/α-hetero) is 1. The summed E-state index contributed by atoms with van der Waals surface area (Å²) in [5.74, 6) is 3.25. The number of aromatic nitrogens is 1. The van der Waals surface area contributed by atoms with E-state index in [2.05, 4.69) is 28.5 Å². The van der Waals surface area contributed by atoms with E-state index in [1.54, 1.807) is 19.2 Å². The van der Waals surface area contributed by atoms with Gasteiger partial charge < -0.3 is 20.1 Å². The van der Waals surface area contributed by atoms with E-state index in [1.807, 2.05) is 38.1 Å². The lowest BCUT2D eigenvalue weighted by molar-refractivity contribution is -0.117. The van der Waals surface area contributed by atoms with Gasteiger partial charge in [0.05, 0.1) is 7.11 Å². The lowest BCUT2D eigenvalue weighted by atomic mass is 9.73. The lowest BCUT2D eigenvalue weighted by Gasteiger charge is -2.36. The number of carbonyl (C=O) groups excluding carboxylic acids is 2. The second-order valence-electron chi connectivity index (χ2n) is 8.95. The van der Waals surface area contributed by atoms with Gasteiger partial charge in [0.15, 0.2) is 17.3 Å². The van der Waals surface area contributed by atoms with Gasteiger partial charge in [-0.1, -0.05) is 25.0 Å². The zero-order valence-corrected chi connectivity index (χ0v) is 20.4. The fourth-order valence-corrected chi connectivity index (χ4v) is 4.77. The molecule has 2 aromatic rings. The molecule has 1 aromatic carbocycles. The Morgan fingerprint density at radius 1 is 1.23 bits per heavy atom. The van der Waals surface area contributed by atoms with E-state index in [9.17, 15) is 9.59 Å². The summed E-state index contributed by atoms with van der Waals surface area (Å²) in [6, 6.07) is 10.9. The molecule has 2 atom stereocenters. The molecule has 0 unspecified atom stereocenters. The number of aryl methyl sites for hydroxylation is 1. The number of hydrogen-bond donors (Lipinski definition) is 2. The first-order chi connectivity index (χ1) is 16.8. The average molecular weight is 472 g/mol. The number of rotatable bonds is 6. The van der Waals surface area contributed by atoms with Crippen molar-refractivity contribution in [1.29, 1.82) is 0 Å². The number of anilines is 1. The van der Waals surface area contributed by atoms with Crippen molar-refractivity contribution in [2.24, 2.45) is 5.92 Å². The summed E-state index contributed by atoms with van der Waals surface area (Å²) in [6.45, 7) is 5.88. The molecule has 1 amide bonds. The van der Waals surface area contributed by atoms with Gasteiger partial charge in [-0.25, -0.2) is 4.98 Å². The summed E-state index contributed by atoms with van der Waals surface area (Å²) in [7, 11) is 1.54. The van der Waals surface area contributed by atoms with Crippen molar-refractivity contribution in [2.45, 2.75) is 39.5 Å². The molecule has 0 fully saturated rings. The molecule has 7 heteroatoms. The molecular weight excluding hydrogens is 442 g/mol. The summed E-state index contributed by atoms with van der Waals surface area (Å²) >= 11 is 0. The van der Waals surface area contributed by atoms with Crippen molar-refractivity contribution >= 4 is 17.5 Å². The third-order valence-electron chi connectivity index (χ3n) is 6.24. The summed E-state index contributed by atoms with van der Waals surface area (Å²) in [5.41, 5.74) is 4.21. The molecule has 4 rings (SSSR count). The summed E-state index contributed by atoms with van der Waals surface area (Å²) in [6.07, 6.45) is 6.51. The van der Waals surface area contributed by atoms with Crippen LogP contribution in [0.4, 0.5) is 5.82 Å². The van der Waals surface area contributed by atoms with E-state index >= 15 is 0 Å². The number of allylic oxidation sites excluding steroid dienone is 3. The largest absolute Gasteiger partial charge is 0.493 e. The molecule has 1 aliphatic heterocycles. The third kappa shape index (κ3) is 4.92. The smallest absolute Gasteiger partial charge is 0.255 e. The maximum atomic E-state index is 13.6. The van der Waals surface area contributed by atoms with Crippen LogP contribution in [-0.2, 0) is 9.59 Å². The number of nitrogens with zero attached hydrogens (tertiary/aromatic N) is 1. The van der Waals surface area contributed by atoms with Gasteiger partial charge in [0.2, 0.25) is 0 Å². The molecule has 1 aliphatic carbocycles. The number of ketones is 1. The van der Waals surface area contributed by atoms with Crippen LogP contribution < -0.4 is 20.1 Å². The van der Waals surface area contributed by atoms with Gasteiger partial charge in [-0.2, -0.15) is 0 Å². The van der Waals surface area contributed by atoms with Gasteiger partial charge >= 0.3 is 0 Å². The molecule has 7 nitrogen and oxygen atoms in total. The Morgan fingerprint density at radius 2 is 2.03 bits per heavy atom. The van der Waals surface area contributed by atoms with E-state index in [0.717, 1.165) is 23.4 Å². The van der Waals surface area contributed by atoms with Crippen LogP contribution in [0.5, 0.6) is 11.5 Å². The average Bonchev–Trinajstić information content (AvgIpc) is 2.81. The highest BCUT2D eigenvalue weighted by Crippen LogP contribution is 2.45. The molecular formula is C28H29N3O4. The first kappa shape index (κ1) is 24.1. The lowest BCUT2D eigenvalue weighted by Crippen LogP contribution is -2.37. The van der Waals surface area contributed by atoms with Crippen LogP contribution in [0, 0.1) is 25.2 Å². The molecule has 180 valence electrons. The van der Waals surface area contributed by atoms with Gasteiger partial charge in [-0.05, 0) is 56.0 Å². The fraction of sp³-hybridized carbons (Fsp3) is 0.321. The number of methoxy groups -OCH3 is 1. The van der Waals surface area contributed by atoms with E-state index < -0.39 is 5.92 Å². The molecule has 1 aromatic heterocycles. The van der Waals surface area contributed by atoms with Crippen LogP contribution in [0.1, 0.15) is 43.9 Å². The number of dihydropyridines is 1. The monoisotopic (exact) mass is 471 g/mol. The molecule has 2 aliphatic rings. The van der Waals surface area contributed by atoms with Crippen molar-refractivity contribution in [1.82, 2.24) is 10.3 Å². The minimum atomic E-state index is -0.563. The van der Waals surface area contributed by atoms with Gasteiger partial charge in [0.25, 0.3) is 5.91 Å². The Bertz CT molecular complexity index is 1290. The summed E-state index contributed by atoms with van der Waals surface area (Å²) < 4.78 is 11.1. The van der Waals surface area contributed by atoms with Crippen molar-refractivity contribution in [3.8, 4) is 23.8 Å². The number of amides is 1. The van der Waals surface area contributed by atoms with Crippen molar-refractivity contribution < 1.29 is 19.1 Å². The number of nitrogens with one attached hydrogen (secondary N) is 2. The van der Waals surface area contributed by atoms with E-state index in [-0.39, 0.29) is 24.2 Å². The number of hydrogen-bond acceptors (Lipinski definition) is 6. The molecule has 2 N–H and O–H groups in total. The minimum absolute atomic E-state index is 0.0364. The second-order valence-corrected chi connectivity index (χ2v) is 8.95. The Hall–Kier alpha value is -4.05. The van der Waals surface area contributed by atoms with Crippen LogP contribution >= 0.6 is 0 Å². The van der Waals surface area contributed by atoms with Gasteiger partial charge in [-0.3, -0.25) is 9.59 Å². The number of benzene rings is 1. The SMILES string of the molecule is C#CCOc1ccc([C@H]2C(C(=O)Nc3cccc(C)n3)=C(C)NC3=C2C(=O)C[C@H](C)C3)cc1OC. The molecule has 2 heterocycles. The quantitative estimate of drug-likeness (QED) is 0.612. The zero-order valence-electron chi connectivity index (χ0n) is 20.4. The first-order valence-corrected chi connectivity index (χ1v) is 11.6. The van der Waals surface area contributed by atoms with E-state index in [1.165, 1.54) is 0 Å². The molecule has 0 spiro atoms. The van der Waals surface area contributed by atoms with Crippen molar-refractivity contribution in [2.75, 3.05) is 19.0 Å². The predicted molar refractivity (Wildman–Crippen MR) is 134 cm³/mol. The first-order valence-electron chi connectivity index (χ1n) is 11.6. The Labute approximate surface area is 205 Å². The molecule has 35 heavy (non-hydrogen) atoms. The van der Waals surface area contributed by atoms with Gasteiger partial charge in [0.1, 0.15) is 12.4 Å². The maximum Gasteiger partial charge on any atom is 0.255 e. The highest BCUT2D eigenvalue weighted by molar-refractivity contribution is 6.09. The topological polar surface area (TPSA) is 89.5 Å². The van der Waals surface area contributed by atoms with Crippen LogP contribution in [0.15, 0.2) is 58.9 Å². The standard InChI is InChI=1S/C28H29N3O4/c1-6-12-35-22-11-10-19(15-23(22)34-5)26-25(28(33)31-24-9-7-8-17(3)29-24)18(4)30-20-13-16(2)14-21(32)27(20)26/h1,7-11,15-16,26,30H,12-14H2,2-5H3,(H,29,31,33)/t16-,26+/m1/s1. The number of carbonyl (C=O) groups is 2. The summed E-state index contributed by atoms with van der Waals surface area (Å²) in [5, 5.41) is 6.26. The highest BCUT2D eigenvalue weighted by atomic mass is 16.5. The Balaban J connectivity index is 1.81. The van der Waals surface area contributed by atoms with E-state index in [4.69, 9.17) is 15.9 Å². The Morgan fingerprint density at radius 3 is 2.74 bits per heavy atom. The van der Waals surface area contributed by atoms with E-state index in [0.29, 0.717) is 40.6 Å². The van der Waals surface area contributed by atoms with Crippen molar-refractivity contribution in [3.63, 3.8) is 0 Å². The second kappa shape index (κ2) is 10.1. The predicted octanol–water partition coefficient (Wildman–Crippen LogP) is 4.26. The molecule has 0 bridgehead atoms. The number of terminal acetylenes is 1. The zero-order chi connectivity index (χ0) is 25.1. The Kier molecular flexibility index (Phi) is 6.92. The van der Waals surface area contributed by atoms with Crippen LogP contribution in [0.2, 0.25) is 0 Å². The minimum Gasteiger partial charge on any atom is -0.493 e. The normalized spacial score (nSPS) is 19.5. The fourth-order valence-electron chi connectivity index (χ4n) is 4.77. The number of pyridine rings is 1. The number of ether oxygens (including phenoxy) is 2.